The first kappa shape index (κ1) is 10.9. The molecular formula is C12H22FN3. The Morgan fingerprint density at radius 1 is 1.12 bits per heavy atom. The van der Waals surface area contributed by atoms with Crippen molar-refractivity contribution in [1.82, 2.24) is 15.1 Å². The lowest BCUT2D eigenvalue weighted by Gasteiger charge is -2.50. The highest BCUT2D eigenvalue weighted by Gasteiger charge is 2.42. The number of nitrogens with zero attached hydrogens (tertiary/aromatic N) is 2. The van der Waals surface area contributed by atoms with Crippen molar-refractivity contribution in [2.45, 2.75) is 31.0 Å². The van der Waals surface area contributed by atoms with Crippen LogP contribution in [0.25, 0.3) is 0 Å². The van der Waals surface area contributed by atoms with Gasteiger partial charge < -0.3 is 5.32 Å². The van der Waals surface area contributed by atoms with Gasteiger partial charge in [-0.2, -0.15) is 0 Å². The maximum absolute atomic E-state index is 13.8. The molecular weight excluding hydrogens is 205 g/mol. The number of rotatable bonds is 3. The Morgan fingerprint density at radius 3 is 2.38 bits per heavy atom. The lowest BCUT2D eigenvalue weighted by Crippen LogP contribution is -2.68. The van der Waals surface area contributed by atoms with E-state index in [4.69, 9.17) is 0 Å². The van der Waals surface area contributed by atoms with E-state index < -0.39 is 5.67 Å². The Hall–Kier alpha value is -0.190. The van der Waals surface area contributed by atoms with Crippen LogP contribution < -0.4 is 5.32 Å². The van der Waals surface area contributed by atoms with Crippen LogP contribution in [0, 0.1) is 0 Å². The molecule has 3 rings (SSSR count). The summed E-state index contributed by atoms with van der Waals surface area (Å²) in [6, 6.07) is 0.719. The topological polar surface area (TPSA) is 18.5 Å². The van der Waals surface area contributed by atoms with Crippen molar-refractivity contribution in [2.24, 2.45) is 0 Å². The summed E-state index contributed by atoms with van der Waals surface area (Å²) >= 11 is 0. The van der Waals surface area contributed by atoms with E-state index in [0.717, 1.165) is 19.1 Å². The zero-order valence-corrected chi connectivity index (χ0v) is 9.92. The van der Waals surface area contributed by atoms with E-state index >= 15 is 0 Å². The summed E-state index contributed by atoms with van der Waals surface area (Å²) in [5.74, 6) is 0. The molecule has 0 aromatic heterocycles. The third-order valence-electron chi connectivity index (χ3n) is 4.24. The molecule has 3 nitrogen and oxygen atoms in total. The molecule has 1 N–H and O–H groups in total. The van der Waals surface area contributed by atoms with Gasteiger partial charge in [0, 0.05) is 38.8 Å². The van der Waals surface area contributed by atoms with Crippen molar-refractivity contribution >= 4 is 0 Å². The summed E-state index contributed by atoms with van der Waals surface area (Å²) in [4.78, 5) is 4.88. The number of hydrogen-bond acceptors (Lipinski definition) is 3. The first-order valence-electron chi connectivity index (χ1n) is 6.61. The van der Waals surface area contributed by atoms with E-state index in [0.29, 0.717) is 19.6 Å². The Labute approximate surface area is 97.0 Å². The maximum Gasteiger partial charge on any atom is 0.148 e. The minimum Gasteiger partial charge on any atom is -0.310 e. The van der Waals surface area contributed by atoms with Gasteiger partial charge in [-0.3, -0.25) is 9.80 Å². The molecule has 3 fully saturated rings. The second-order valence-corrected chi connectivity index (χ2v) is 5.70. The Bertz CT molecular complexity index is 243. The van der Waals surface area contributed by atoms with Crippen LogP contribution in [0.15, 0.2) is 0 Å². The number of piperidine rings is 1. The van der Waals surface area contributed by atoms with Crippen molar-refractivity contribution < 1.29 is 4.39 Å². The Kier molecular flexibility index (Phi) is 2.90. The first-order chi connectivity index (χ1) is 7.75. The van der Waals surface area contributed by atoms with Gasteiger partial charge in [-0.05, 0) is 25.9 Å². The van der Waals surface area contributed by atoms with Crippen molar-refractivity contribution in [3.8, 4) is 0 Å². The molecule has 0 atom stereocenters. The molecule has 0 radical (unpaired) electrons. The molecule has 4 heteroatoms. The molecule has 0 unspecified atom stereocenters. The third-order valence-corrected chi connectivity index (χ3v) is 4.24. The van der Waals surface area contributed by atoms with Crippen molar-refractivity contribution in [1.29, 1.82) is 0 Å². The molecule has 3 aliphatic rings. The first-order valence-corrected chi connectivity index (χ1v) is 6.61. The number of hydrogen-bond donors (Lipinski definition) is 1. The standard InChI is InChI=1S/C12H22FN3/c13-12(8-14-9-12)10-15-6-11(7-15)16-4-2-1-3-5-16/h11,14H,1-10H2. The molecule has 0 aromatic rings. The largest absolute Gasteiger partial charge is 0.310 e. The SMILES string of the molecule is FC1(CN2CC(N3CCCCC3)C2)CNC1. The fraction of sp³-hybridized carbons (Fsp3) is 1.00. The predicted molar refractivity (Wildman–Crippen MR) is 62.4 cm³/mol. The highest BCUT2D eigenvalue weighted by atomic mass is 19.1. The molecule has 3 heterocycles. The van der Waals surface area contributed by atoms with Gasteiger partial charge in [-0.15, -0.1) is 0 Å². The summed E-state index contributed by atoms with van der Waals surface area (Å²) in [5, 5.41) is 3.02. The highest BCUT2D eigenvalue weighted by Crippen LogP contribution is 2.24. The van der Waals surface area contributed by atoms with Gasteiger partial charge in [-0.1, -0.05) is 6.42 Å². The van der Waals surface area contributed by atoms with Crippen LogP contribution in [0.5, 0.6) is 0 Å². The van der Waals surface area contributed by atoms with Gasteiger partial charge in [-0.25, -0.2) is 4.39 Å². The minimum atomic E-state index is -0.924. The summed E-state index contributed by atoms with van der Waals surface area (Å²) < 4.78 is 13.8. The normalized spacial score (nSPS) is 32.1. The quantitative estimate of drug-likeness (QED) is 0.756. The average Bonchev–Trinajstić information content (AvgIpc) is 2.21. The van der Waals surface area contributed by atoms with Crippen molar-refractivity contribution in [2.75, 3.05) is 45.8 Å². The van der Waals surface area contributed by atoms with Gasteiger partial charge >= 0.3 is 0 Å². The second-order valence-electron chi connectivity index (χ2n) is 5.70. The number of nitrogens with one attached hydrogen (secondary N) is 1. The molecule has 0 bridgehead atoms. The van der Waals surface area contributed by atoms with Crippen LogP contribution in [0.4, 0.5) is 4.39 Å². The van der Waals surface area contributed by atoms with Gasteiger partial charge in [0.15, 0.2) is 0 Å². The molecule has 3 aliphatic heterocycles. The molecule has 0 aromatic carbocycles. The van der Waals surface area contributed by atoms with Crippen LogP contribution in [-0.4, -0.2) is 67.3 Å². The summed E-state index contributed by atoms with van der Waals surface area (Å²) in [5.41, 5.74) is -0.924. The summed E-state index contributed by atoms with van der Waals surface area (Å²) in [6.07, 6.45) is 4.10. The fourth-order valence-electron chi connectivity index (χ4n) is 3.09. The Balaban J connectivity index is 1.40. The molecule has 0 saturated carbocycles. The monoisotopic (exact) mass is 227 g/mol. The number of alkyl halides is 1. The molecule has 3 saturated heterocycles. The molecule has 0 amide bonds. The van der Waals surface area contributed by atoms with Crippen molar-refractivity contribution in [3.63, 3.8) is 0 Å². The van der Waals surface area contributed by atoms with Crippen molar-refractivity contribution in [3.05, 3.63) is 0 Å². The molecule has 16 heavy (non-hydrogen) atoms. The van der Waals surface area contributed by atoms with E-state index in [2.05, 4.69) is 15.1 Å². The molecule has 0 spiro atoms. The highest BCUT2D eigenvalue weighted by molar-refractivity contribution is 4.99. The summed E-state index contributed by atoms with van der Waals surface area (Å²) in [7, 11) is 0. The minimum absolute atomic E-state index is 0.553. The summed E-state index contributed by atoms with van der Waals surface area (Å²) in [6.45, 7) is 6.46. The van der Waals surface area contributed by atoms with E-state index in [1.54, 1.807) is 0 Å². The fourth-order valence-corrected chi connectivity index (χ4v) is 3.09. The predicted octanol–water partition coefficient (Wildman–Crippen LogP) is 0.468. The van der Waals surface area contributed by atoms with Crippen LogP contribution >= 0.6 is 0 Å². The van der Waals surface area contributed by atoms with Gasteiger partial charge in [0.25, 0.3) is 0 Å². The zero-order chi connectivity index (χ0) is 11.0. The van der Waals surface area contributed by atoms with Crippen LogP contribution in [0.2, 0.25) is 0 Å². The van der Waals surface area contributed by atoms with Gasteiger partial charge in [0.1, 0.15) is 5.67 Å². The van der Waals surface area contributed by atoms with Gasteiger partial charge in [0.05, 0.1) is 0 Å². The van der Waals surface area contributed by atoms with E-state index in [-0.39, 0.29) is 0 Å². The zero-order valence-electron chi connectivity index (χ0n) is 9.92. The van der Waals surface area contributed by atoms with Gasteiger partial charge in [0.2, 0.25) is 0 Å². The number of halogens is 1. The third kappa shape index (κ3) is 2.11. The molecule has 0 aliphatic carbocycles. The van der Waals surface area contributed by atoms with E-state index in [1.165, 1.54) is 32.4 Å². The van der Waals surface area contributed by atoms with E-state index in [1.807, 2.05) is 0 Å². The molecule has 92 valence electrons. The van der Waals surface area contributed by atoms with Crippen LogP contribution in [-0.2, 0) is 0 Å². The second kappa shape index (κ2) is 4.24. The lowest BCUT2D eigenvalue weighted by molar-refractivity contribution is -0.0297. The van der Waals surface area contributed by atoms with Crippen LogP contribution in [0.3, 0.4) is 0 Å². The Morgan fingerprint density at radius 2 is 1.81 bits per heavy atom. The maximum atomic E-state index is 13.8. The lowest BCUT2D eigenvalue weighted by atomic mass is 9.95. The average molecular weight is 227 g/mol. The van der Waals surface area contributed by atoms with E-state index in [9.17, 15) is 4.39 Å². The smallest absolute Gasteiger partial charge is 0.148 e. The number of likely N-dealkylation sites (tertiary alicyclic amines) is 2. The van der Waals surface area contributed by atoms with Crippen LogP contribution in [0.1, 0.15) is 19.3 Å².